The van der Waals surface area contributed by atoms with E-state index in [-0.39, 0.29) is 23.7 Å². The van der Waals surface area contributed by atoms with Crippen LogP contribution in [0.1, 0.15) is 117 Å². The minimum atomic E-state index is -5.33. The Bertz CT molecular complexity index is 983. The maximum atomic E-state index is 12.7. The standard InChI is InChI=1S/C29H56O15P2S/c1-3-5-6-7-8-9-10-11-12-13-14-15-16-18-22(30)42-21(20-47-23(31)17-4-2)19-41-46(39,40)44-29-26(34)24(32)25(33)28(27(29)35)43-45(36,37)38/h21,24-29,32-35H,3-20H2,1-2H3,(H,39,40)(H2,36,37,38)/t21-,24-,25?,26?,27+,28+,29?/m0/s1. The van der Waals surface area contributed by atoms with Crippen LogP contribution in [-0.4, -0.2) is 101 Å². The van der Waals surface area contributed by atoms with E-state index in [2.05, 4.69) is 11.4 Å². The molecule has 0 amide bonds. The molecule has 0 heterocycles. The van der Waals surface area contributed by atoms with E-state index >= 15 is 0 Å². The molecule has 278 valence electrons. The molecular formula is C29H56O15P2S. The summed E-state index contributed by atoms with van der Waals surface area (Å²) in [5.74, 6) is -0.687. The molecule has 1 fully saturated rings. The Morgan fingerprint density at radius 2 is 1.15 bits per heavy atom. The minimum absolute atomic E-state index is 0.0940. The van der Waals surface area contributed by atoms with Gasteiger partial charge in [0.25, 0.3) is 0 Å². The summed E-state index contributed by atoms with van der Waals surface area (Å²) in [6, 6.07) is 0. The molecule has 1 aliphatic rings. The molecular weight excluding hydrogens is 682 g/mol. The van der Waals surface area contributed by atoms with Gasteiger partial charge in [0, 0.05) is 18.6 Å². The number of hydrogen-bond acceptors (Lipinski definition) is 13. The van der Waals surface area contributed by atoms with Gasteiger partial charge in [-0.15, -0.1) is 0 Å². The van der Waals surface area contributed by atoms with Gasteiger partial charge in [0.2, 0.25) is 0 Å². The number of rotatable bonds is 26. The maximum Gasteiger partial charge on any atom is 0.472 e. The third kappa shape index (κ3) is 19.5. The van der Waals surface area contributed by atoms with Gasteiger partial charge < -0.3 is 39.8 Å². The molecule has 1 aliphatic carbocycles. The Hall–Kier alpha value is -0.450. The van der Waals surface area contributed by atoms with E-state index < -0.39 is 70.9 Å². The SMILES string of the molecule is CCCCCCCCCCCCCCCC(=O)O[C@@H](COP(=O)(O)OC1C(O)[C@@H](O)C(O)[C@@H](OP(=O)(O)O)[C@H]1O)CSC(=O)CCC. The number of carbonyl (C=O) groups is 2. The topological polar surface area (TPSA) is 247 Å². The predicted molar refractivity (Wildman–Crippen MR) is 174 cm³/mol. The number of carbonyl (C=O) groups excluding carboxylic acids is 2. The largest absolute Gasteiger partial charge is 0.472 e. The molecule has 15 nitrogen and oxygen atoms in total. The molecule has 1 saturated carbocycles. The van der Waals surface area contributed by atoms with Crippen LogP contribution < -0.4 is 0 Å². The third-order valence-electron chi connectivity index (χ3n) is 7.65. The Labute approximate surface area is 282 Å². The summed E-state index contributed by atoms with van der Waals surface area (Å²) in [6.07, 6.45) is 1.31. The minimum Gasteiger partial charge on any atom is -0.459 e. The highest BCUT2D eigenvalue weighted by Gasteiger charge is 2.54. The van der Waals surface area contributed by atoms with Crippen molar-refractivity contribution in [2.75, 3.05) is 12.4 Å². The summed E-state index contributed by atoms with van der Waals surface area (Å²) in [7, 11) is -10.5. The molecule has 0 aliphatic heterocycles. The fourth-order valence-electron chi connectivity index (χ4n) is 5.06. The molecule has 4 unspecified atom stereocenters. The molecule has 0 aromatic carbocycles. The van der Waals surface area contributed by atoms with Gasteiger partial charge in [-0.1, -0.05) is 103 Å². The number of hydrogen-bond donors (Lipinski definition) is 7. The first kappa shape index (κ1) is 44.6. The van der Waals surface area contributed by atoms with E-state index in [9.17, 15) is 44.0 Å². The average molecular weight is 739 g/mol. The summed E-state index contributed by atoms with van der Waals surface area (Å²) in [6.45, 7) is 3.30. The van der Waals surface area contributed by atoms with Crippen molar-refractivity contribution < 1.29 is 72.1 Å². The van der Waals surface area contributed by atoms with Gasteiger partial charge in [-0.2, -0.15) is 0 Å². The summed E-state index contributed by atoms with van der Waals surface area (Å²) < 4.78 is 43.4. The van der Waals surface area contributed by atoms with Crippen molar-refractivity contribution in [1.82, 2.24) is 0 Å². The van der Waals surface area contributed by atoms with Gasteiger partial charge in [0.15, 0.2) is 5.12 Å². The number of phosphoric ester groups is 2. The third-order valence-corrected chi connectivity index (χ3v) is 10.2. The number of thioether (sulfide) groups is 1. The zero-order valence-corrected chi connectivity index (χ0v) is 30.1. The highest BCUT2D eigenvalue weighted by molar-refractivity contribution is 8.13. The number of phosphoric acid groups is 2. The zero-order chi connectivity index (χ0) is 35.5. The molecule has 18 heteroatoms. The number of esters is 1. The Balaban J connectivity index is 2.60. The lowest BCUT2D eigenvalue weighted by Crippen LogP contribution is -2.64. The molecule has 0 bridgehead atoms. The summed E-state index contributed by atoms with van der Waals surface area (Å²) in [5.41, 5.74) is 0. The van der Waals surface area contributed by atoms with Gasteiger partial charge in [-0.3, -0.25) is 23.2 Å². The van der Waals surface area contributed by atoms with Crippen LogP contribution >= 0.6 is 27.4 Å². The number of aliphatic hydroxyl groups is 4. The number of aliphatic hydroxyl groups excluding tert-OH is 4. The van der Waals surface area contributed by atoms with E-state index in [0.29, 0.717) is 12.8 Å². The van der Waals surface area contributed by atoms with Crippen molar-refractivity contribution in [3.8, 4) is 0 Å². The smallest absolute Gasteiger partial charge is 0.459 e. The highest BCUT2D eigenvalue weighted by atomic mass is 32.2. The summed E-state index contributed by atoms with van der Waals surface area (Å²) in [4.78, 5) is 53.0. The van der Waals surface area contributed by atoms with Crippen LogP contribution in [-0.2, 0) is 37.0 Å². The van der Waals surface area contributed by atoms with Crippen molar-refractivity contribution in [3.63, 3.8) is 0 Å². The lowest BCUT2D eigenvalue weighted by Gasteiger charge is -2.43. The van der Waals surface area contributed by atoms with Crippen LogP contribution in [0.15, 0.2) is 0 Å². The molecule has 0 aromatic rings. The molecule has 0 aromatic heterocycles. The Morgan fingerprint density at radius 1 is 0.660 bits per heavy atom. The Morgan fingerprint density at radius 3 is 1.64 bits per heavy atom. The monoisotopic (exact) mass is 738 g/mol. The van der Waals surface area contributed by atoms with Crippen molar-refractivity contribution in [3.05, 3.63) is 0 Å². The zero-order valence-electron chi connectivity index (χ0n) is 27.5. The lowest BCUT2D eigenvalue weighted by atomic mass is 9.85. The van der Waals surface area contributed by atoms with Gasteiger partial charge in [0.1, 0.15) is 42.7 Å². The van der Waals surface area contributed by atoms with Crippen LogP contribution in [0.2, 0.25) is 0 Å². The molecule has 7 N–H and O–H groups in total. The Kier molecular flexibility index (Phi) is 22.6. The quantitative estimate of drug-likeness (QED) is 0.0378. The second-order valence-corrected chi connectivity index (χ2v) is 15.6. The average Bonchev–Trinajstić information content (AvgIpc) is 3.00. The highest BCUT2D eigenvalue weighted by Crippen LogP contribution is 2.49. The van der Waals surface area contributed by atoms with E-state index in [1.54, 1.807) is 0 Å². The maximum absolute atomic E-state index is 12.7. The fourth-order valence-corrected chi connectivity index (χ4v) is 7.49. The molecule has 1 rings (SSSR count). The number of ether oxygens (including phenoxy) is 1. The number of unbranched alkanes of at least 4 members (excludes halogenated alkanes) is 12. The van der Waals surface area contributed by atoms with Gasteiger partial charge in [-0.25, -0.2) is 9.13 Å². The van der Waals surface area contributed by atoms with E-state index in [1.165, 1.54) is 51.4 Å². The van der Waals surface area contributed by atoms with E-state index in [1.807, 2.05) is 6.92 Å². The van der Waals surface area contributed by atoms with Crippen LogP contribution in [0.25, 0.3) is 0 Å². The first-order valence-electron chi connectivity index (χ1n) is 16.6. The first-order valence-corrected chi connectivity index (χ1v) is 20.6. The summed E-state index contributed by atoms with van der Waals surface area (Å²) >= 11 is 0.852. The molecule has 0 spiro atoms. The fraction of sp³-hybridized carbons (Fsp3) is 0.931. The molecule has 0 saturated heterocycles. The van der Waals surface area contributed by atoms with E-state index in [0.717, 1.165) is 37.4 Å². The van der Waals surface area contributed by atoms with Crippen LogP contribution in [0.4, 0.5) is 0 Å². The van der Waals surface area contributed by atoms with Gasteiger partial charge >= 0.3 is 21.6 Å². The van der Waals surface area contributed by atoms with Crippen molar-refractivity contribution in [1.29, 1.82) is 0 Å². The second kappa shape index (κ2) is 23.9. The van der Waals surface area contributed by atoms with Gasteiger partial charge in [-0.05, 0) is 12.8 Å². The molecule has 8 atom stereocenters. The van der Waals surface area contributed by atoms with Crippen LogP contribution in [0, 0.1) is 0 Å². The predicted octanol–water partition coefficient (Wildman–Crippen LogP) is 3.88. The molecule has 47 heavy (non-hydrogen) atoms. The van der Waals surface area contributed by atoms with Gasteiger partial charge in [0.05, 0.1) is 6.61 Å². The lowest BCUT2D eigenvalue weighted by molar-refractivity contribution is -0.216. The van der Waals surface area contributed by atoms with Crippen molar-refractivity contribution >= 4 is 38.5 Å². The normalized spacial score (nSPS) is 25.3. The first-order chi connectivity index (χ1) is 22.1. The van der Waals surface area contributed by atoms with Crippen molar-refractivity contribution in [2.24, 2.45) is 0 Å². The molecule has 0 radical (unpaired) electrons. The van der Waals surface area contributed by atoms with Crippen LogP contribution in [0.5, 0.6) is 0 Å². The second-order valence-electron chi connectivity index (χ2n) is 11.9. The van der Waals surface area contributed by atoms with Crippen molar-refractivity contribution in [2.45, 2.75) is 159 Å². The van der Waals surface area contributed by atoms with E-state index in [4.69, 9.17) is 23.6 Å². The summed E-state index contributed by atoms with van der Waals surface area (Å²) in [5, 5.41) is 40.5. The van der Waals surface area contributed by atoms with Crippen LogP contribution in [0.3, 0.4) is 0 Å².